The number of guanidine groups is 1. The summed E-state index contributed by atoms with van der Waals surface area (Å²) in [6, 6.07) is 6.26. The molecule has 0 radical (unpaired) electrons. The predicted molar refractivity (Wildman–Crippen MR) is 73.5 cm³/mol. The highest BCUT2D eigenvalue weighted by Gasteiger charge is 2.46. The lowest BCUT2D eigenvalue weighted by atomic mass is 9.78. The standard InChI is InChI=1S/C13H14BrN3O/c1-15-12-16-11(18)13(17-12)5-4-8-6-10(14)3-2-9(8)7-13/h2-3,6H,4-5,7H2,1H3,(H2,15,16,17,18). The molecule has 1 atom stereocenters. The Labute approximate surface area is 114 Å². The summed E-state index contributed by atoms with van der Waals surface area (Å²) in [5, 5.41) is 6.04. The molecule has 3 rings (SSSR count). The first-order valence-corrected chi connectivity index (χ1v) is 6.76. The summed E-state index contributed by atoms with van der Waals surface area (Å²) in [7, 11) is 1.68. The van der Waals surface area contributed by atoms with E-state index in [1.165, 1.54) is 11.1 Å². The summed E-state index contributed by atoms with van der Waals surface area (Å²) in [4.78, 5) is 16.2. The minimum atomic E-state index is -0.504. The van der Waals surface area contributed by atoms with E-state index in [0.717, 1.165) is 23.7 Å². The van der Waals surface area contributed by atoms with Gasteiger partial charge in [-0.15, -0.1) is 0 Å². The van der Waals surface area contributed by atoms with Crippen LogP contribution in [-0.4, -0.2) is 24.5 Å². The van der Waals surface area contributed by atoms with Gasteiger partial charge in [-0.2, -0.15) is 0 Å². The smallest absolute Gasteiger partial charge is 0.252 e. The van der Waals surface area contributed by atoms with E-state index < -0.39 is 5.54 Å². The predicted octanol–water partition coefficient (Wildman–Crippen LogP) is 1.38. The normalized spacial score (nSPS) is 28.1. The van der Waals surface area contributed by atoms with Gasteiger partial charge in [-0.1, -0.05) is 22.0 Å². The first-order chi connectivity index (χ1) is 8.63. The van der Waals surface area contributed by atoms with Gasteiger partial charge in [0.05, 0.1) is 0 Å². The fraction of sp³-hybridized carbons (Fsp3) is 0.385. The van der Waals surface area contributed by atoms with Crippen molar-refractivity contribution in [2.45, 2.75) is 24.8 Å². The molecule has 1 aliphatic carbocycles. The number of fused-ring (bicyclic) bond motifs is 1. The molecule has 1 heterocycles. The van der Waals surface area contributed by atoms with Crippen LogP contribution in [0.25, 0.3) is 0 Å². The average molecular weight is 308 g/mol. The van der Waals surface area contributed by atoms with Crippen LogP contribution >= 0.6 is 15.9 Å². The molecule has 1 fully saturated rings. The van der Waals surface area contributed by atoms with Crippen molar-refractivity contribution in [3.8, 4) is 0 Å². The Kier molecular flexibility index (Phi) is 2.66. The molecule has 0 bridgehead atoms. The van der Waals surface area contributed by atoms with Crippen molar-refractivity contribution < 1.29 is 4.79 Å². The Morgan fingerprint density at radius 3 is 2.94 bits per heavy atom. The van der Waals surface area contributed by atoms with Gasteiger partial charge in [0.2, 0.25) is 0 Å². The van der Waals surface area contributed by atoms with Gasteiger partial charge < -0.3 is 5.32 Å². The van der Waals surface area contributed by atoms with E-state index in [-0.39, 0.29) is 5.91 Å². The topological polar surface area (TPSA) is 53.5 Å². The molecule has 0 saturated carbocycles. The number of aryl methyl sites for hydroxylation is 1. The molecule has 5 heteroatoms. The molecule has 1 unspecified atom stereocenters. The summed E-state index contributed by atoms with van der Waals surface area (Å²) >= 11 is 3.48. The van der Waals surface area contributed by atoms with Gasteiger partial charge in [0.15, 0.2) is 5.96 Å². The Morgan fingerprint density at radius 2 is 2.22 bits per heavy atom. The summed E-state index contributed by atoms with van der Waals surface area (Å²) in [5.74, 6) is 0.622. The third-order valence-electron chi connectivity index (χ3n) is 3.73. The minimum Gasteiger partial charge on any atom is -0.341 e. The molecule has 1 spiro atoms. The Balaban J connectivity index is 1.95. The molecule has 4 nitrogen and oxygen atoms in total. The minimum absolute atomic E-state index is 0.0386. The van der Waals surface area contributed by atoms with Crippen molar-refractivity contribution in [3.63, 3.8) is 0 Å². The van der Waals surface area contributed by atoms with Gasteiger partial charge in [0.25, 0.3) is 5.91 Å². The van der Waals surface area contributed by atoms with Crippen molar-refractivity contribution in [1.29, 1.82) is 0 Å². The summed E-state index contributed by atoms with van der Waals surface area (Å²) < 4.78 is 1.09. The van der Waals surface area contributed by atoms with Crippen molar-refractivity contribution in [3.05, 3.63) is 33.8 Å². The first-order valence-electron chi connectivity index (χ1n) is 5.97. The number of nitrogens with one attached hydrogen (secondary N) is 2. The van der Waals surface area contributed by atoms with Crippen LogP contribution in [0, 0.1) is 0 Å². The lowest BCUT2D eigenvalue weighted by molar-refractivity contribution is -0.124. The molecular weight excluding hydrogens is 294 g/mol. The van der Waals surface area contributed by atoms with Crippen LogP contribution in [0.5, 0.6) is 0 Å². The number of nitrogens with zero attached hydrogens (tertiary/aromatic N) is 1. The van der Waals surface area contributed by atoms with Gasteiger partial charge in [0.1, 0.15) is 5.54 Å². The van der Waals surface area contributed by atoms with Crippen molar-refractivity contribution in [2.75, 3.05) is 7.05 Å². The van der Waals surface area contributed by atoms with E-state index in [4.69, 9.17) is 0 Å². The highest BCUT2D eigenvalue weighted by molar-refractivity contribution is 9.10. The van der Waals surface area contributed by atoms with E-state index in [1.807, 2.05) is 6.07 Å². The second-order valence-electron chi connectivity index (χ2n) is 4.82. The number of carbonyl (C=O) groups excluding carboxylic acids is 1. The van der Waals surface area contributed by atoms with Gasteiger partial charge in [-0.25, -0.2) is 0 Å². The fourth-order valence-corrected chi connectivity index (χ4v) is 3.12. The van der Waals surface area contributed by atoms with E-state index in [9.17, 15) is 4.79 Å². The molecule has 1 amide bonds. The molecule has 0 aromatic heterocycles. The number of aliphatic imine (C=N–C) groups is 1. The number of halogens is 1. The van der Waals surface area contributed by atoms with E-state index in [0.29, 0.717) is 5.96 Å². The molecule has 94 valence electrons. The fourth-order valence-electron chi connectivity index (χ4n) is 2.72. The second kappa shape index (κ2) is 4.09. The maximum atomic E-state index is 12.1. The van der Waals surface area contributed by atoms with Crippen LogP contribution in [0.1, 0.15) is 17.5 Å². The zero-order chi connectivity index (χ0) is 12.8. The average Bonchev–Trinajstić information content (AvgIpc) is 2.67. The summed E-state index contributed by atoms with van der Waals surface area (Å²) in [6.07, 6.45) is 2.44. The Morgan fingerprint density at radius 1 is 1.39 bits per heavy atom. The first kappa shape index (κ1) is 11.7. The van der Waals surface area contributed by atoms with Crippen molar-refractivity contribution >= 4 is 27.8 Å². The third-order valence-corrected chi connectivity index (χ3v) is 4.22. The molecule has 18 heavy (non-hydrogen) atoms. The van der Waals surface area contributed by atoms with Crippen molar-refractivity contribution in [2.24, 2.45) is 4.99 Å². The lowest BCUT2D eigenvalue weighted by Crippen LogP contribution is -2.51. The molecule has 1 aromatic carbocycles. The van der Waals surface area contributed by atoms with Crippen LogP contribution in [0.3, 0.4) is 0 Å². The number of hydrogen-bond acceptors (Lipinski definition) is 2. The zero-order valence-corrected chi connectivity index (χ0v) is 11.7. The SMILES string of the molecule is CN=C1NC(=O)C2(CCc3cc(Br)ccc3C2)N1. The number of benzene rings is 1. The van der Waals surface area contributed by atoms with Crippen LogP contribution < -0.4 is 10.6 Å². The number of hydrogen-bond donors (Lipinski definition) is 2. The van der Waals surface area contributed by atoms with Gasteiger partial charge in [-0.05, 0) is 36.1 Å². The zero-order valence-electron chi connectivity index (χ0n) is 10.1. The van der Waals surface area contributed by atoms with Crippen LogP contribution in [0.4, 0.5) is 0 Å². The van der Waals surface area contributed by atoms with Crippen LogP contribution in [-0.2, 0) is 17.6 Å². The molecule has 1 aromatic rings. The number of amides is 1. The summed E-state index contributed by atoms with van der Waals surface area (Å²) in [6.45, 7) is 0. The van der Waals surface area contributed by atoms with E-state index in [2.05, 4.69) is 43.7 Å². The highest BCUT2D eigenvalue weighted by atomic mass is 79.9. The van der Waals surface area contributed by atoms with E-state index in [1.54, 1.807) is 7.05 Å². The second-order valence-corrected chi connectivity index (χ2v) is 5.74. The van der Waals surface area contributed by atoms with Crippen LogP contribution in [0.15, 0.2) is 27.7 Å². The lowest BCUT2D eigenvalue weighted by Gasteiger charge is -2.32. The molecule has 1 aliphatic heterocycles. The monoisotopic (exact) mass is 307 g/mol. The maximum Gasteiger partial charge on any atom is 0.252 e. The molecule has 2 aliphatic rings. The number of rotatable bonds is 0. The van der Waals surface area contributed by atoms with Crippen LogP contribution in [0.2, 0.25) is 0 Å². The number of carbonyl (C=O) groups is 1. The quantitative estimate of drug-likeness (QED) is 0.761. The van der Waals surface area contributed by atoms with Gasteiger partial charge in [0, 0.05) is 17.9 Å². The Bertz CT molecular complexity index is 555. The molecule has 1 saturated heterocycles. The molecule has 2 N–H and O–H groups in total. The Hall–Kier alpha value is -1.36. The highest BCUT2D eigenvalue weighted by Crippen LogP contribution is 2.32. The van der Waals surface area contributed by atoms with Gasteiger partial charge in [-0.3, -0.25) is 15.1 Å². The van der Waals surface area contributed by atoms with Gasteiger partial charge >= 0.3 is 0 Å². The third kappa shape index (κ3) is 1.73. The maximum absolute atomic E-state index is 12.1. The van der Waals surface area contributed by atoms with Crippen molar-refractivity contribution in [1.82, 2.24) is 10.6 Å². The largest absolute Gasteiger partial charge is 0.341 e. The summed E-state index contributed by atoms with van der Waals surface area (Å²) in [5.41, 5.74) is 2.06. The molecular formula is C13H14BrN3O. The van der Waals surface area contributed by atoms with E-state index >= 15 is 0 Å².